The summed E-state index contributed by atoms with van der Waals surface area (Å²) in [7, 11) is 0. The smallest absolute Gasteiger partial charge is 0.125 e. The molecule has 2 heteroatoms. The number of hydrogen-bond acceptors (Lipinski definition) is 2. The summed E-state index contributed by atoms with van der Waals surface area (Å²) in [5.74, 6) is 0. The molecule has 0 heterocycles. The second kappa shape index (κ2) is 4.98. The van der Waals surface area contributed by atoms with Gasteiger partial charge in [0.25, 0.3) is 0 Å². The van der Waals surface area contributed by atoms with Gasteiger partial charge in [-0.05, 0) is 39.7 Å². The van der Waals surface area contributed by atoms with E-state index in [2.05, 4.69) is 19.1 Å². The van der Waals surface area contributed by atoms with Crippen LogP contribution in [0.3, 0.4) is 0 Å². The van der Waals surface area contributed by atoms with Crippen molar-refractivity contribution in [2.75, 3.05) is 0 Å². The fourth-order valence-corrected chi connectivity index (χ4v) is 1.32. The molecule has 1 atom stereocenters. The van der Waals surface area contributed by atoms with Crippen molar-refractivity contribution in [3.63, 3.8) is 0 Å². The Kier molecular flexibility index (Phi) is 4.11. The molecule has 0 spiro atoms. The van der Waals surface area contributed by atoms with Crippen molar-refractivity contribution < 1.29 is 9.78 Å². The molecule has 1 aromatic carbocycles. The van der Waals surface area contributed by atoms with Crippen molar-refractivity contribution in [2.45, 2.75) is 52.2 Å². The summed E-state index contributed by atoms with van der Waals surface area (Å²) < 4.78 is 0. The van der Waals surface area contributed by atoms with E-state index in [0.29, 0.717) is 0 Å². The van der Waals surface area contributed by atoms with Gasteiger partial charge in [0.2, 0.25) is 0 Å². The quantitative estimate of drug-likeness (QED) is 0.565. The first kappa shape index (κ1) is 13.2. The summed E-state index contributed by atoms with van der Waals surface area (Å²) in [5.41, 5.74) is 0.474. The Morgan fingerprint density at radius 2 is 1.50 bits per heavy atom. The first-order chi connectivity index (χ1) is 7.37. The van der Waals surface area contributed by atoms with Crippen LogP contribution >= 0.6 is 0 Å². The lowest BCUT2D eigenvalue weighted by molar-refractivity contribution is -0.406. The predicted molar refractivity (Wildman–Crippen MR) is 66.0 cm³/mol. The Bertz CT molecular complexity index is 313. The molecule has 0 amide bonds. The molecular weight excluding hydrogens is 200 g/mol. The lowest BCUT2D eigenvalue weighted by Crippen LogP contribution is -2.30. The van der Waals surface area contributed by atoms with Crippen LogP contribution in [0.15, 0.2) is 30.3 Å². The maximum atomic E-state index is 5.63. The van der Waals surface area contributed by atoms with Crippen LogP contribution in [-0.2, 0) is 15.4 Å². The third kappa shape index (κ3) is 3.62. The van der Waals surface area contributed by atoms with Gasteiger partial charge in [-0.15, -0.1) is 0 Å². The Hall–Kier alpha value is -0.860. The SMILES string of the molecule is CC[C@@](C)(OOC(C)(C)C)c1ccccc1. The third-order valence-electron chi connectivity index (χ3n) is 2.53. The summed E-state index contributed by atoms with van der Waals surface area (Å²) in [4.78, 5) is 11.1. The first-order valence-corrected chi connectivity index (χ1v) is 5.80. The zero-order valence-electron chi connectivity index (χ0n) is 10.9. The van der Waals surface area contributed by atoms with E-state index in [1.807, 2.05) is 45.9 Å². The lowest BCUT2D eigenvalue weighted by atomic mass is 9.93. The van der Waals surface area contributed by atoms with Crippen LogP contribution in [0, 0.1) is 0 Å². The summed E-state index contributed by atoms with van der Waals surface area (Å²) in [6.45, 7) is 10.1. The van der Waals surface area contributed by atoms with Gasteiger partial charge in [0, 0.05) is 0 Å². The summed E-state index contributed by atoms with van der Waals surface area (Å²) >= 11 is 0. The van der Waals surface area contributed by atoms with Gasteiger partial charge in [0.1, 0.15) is 5.60 Å². The Morgan fingerprint density at radius 3 is 1.94 bits per heavy atom. The molecule has 0 bridgehead atoms. The van der Waals surface area contributed by atoms with Gasteiger partial charge >= 0.3 is 0 Å². The fourth-order valence-electron chi connectivity index (χ4n) is 1.32. The number of hydrogen-bond donors (Lipinski definition) is 0. The highest BCUT2D eigenvalue weighted by Crippen LogP contribution is 2.30. The van der Waals surface area contributed by atoms with Gasteiger partial charge in [-0.2, -0.15) is 0 Å². The topological polar surface area (TPSA) is 18.5 Å². The molecule has 0 saturated heterocycles. The van der Waals surface area contributed by atoms with Crippen LogP contribution in [0.5, 0.6) is 0 Å². The molecule has 0 aliphatic rings. The monoisotopic (exact) mass is 222 g/mol. The molecule has 0 aliphatic heterocycles. The van der Waals surface area contributed by atoms with Crippen LogP contribution in [0.2, 0.25) is 0 Å². The van der Waals surface area contributed by atoms with Crippen LogP contribution in [0.1, 0.15) is 46.6 Å². The second-order valence-corrected chi connectivity index (χ2v) is 5.23. The van der Waals surface area contributed by atoms with Gasteiger partial charge in [-0.25, -0.2) is 9.78 Å². The summed E-state index contributed by atoms with van der Waals surface area (Å²) in [6, 6.07) is 10.2. The van der Waals surface area contributed by atoms with E-state index in [1.165, 1.54) is 0 Å². The number of rotatable bonds is 4. The summed E-state index contributed by atoms with van der Waals surface area (Å²) in [5, 5.41) is 0. The van der Waals surface area contributed by atoms with Gasteiger partial charge < -0.3 is 0 Å². The Labute approximate surface area is 98.5 Å². The van der Waals surface area contributed by atoms with Crippen molar-refractivity contribution in [1.82, 2.24) is 0 Å². The molecule has 0 fully saturated rings. The molecule has 2 nitrogen and oxygen atoms in total. The minimum absolute atomic E-state index is 0.286. The van der Waals surface area contributed by atoms with Crippen LogP contribution in [0.25, 0.3) is 0 Å². The highest BCUT2D eigenvalue weighted by Gasteiger charge is 2.29. The zero-order valence-corrected chi connectivity index (χ0v) is 10.9. The van der Waals surface area contributed by atoms with E-state index >= 15 is 0 Å². The molecular formula is C14H22O2. The highest BCUT2D eigenvalue weighted by atomic mass is 17.2. The van der Waals surface area contributed by atoms with Gasteiger partial charge in [0.05, 0.1) is 5.60 Å². The average Bonchev–Trinajstić information content (AvgIpc) is 2.26. The minimum Gasteiger partial charge on any atom is -0.230 e. The van der Waals surface area contributed by atoms with E-state index in [0.717, 1.165) is 12.0 Å². The standard InChI is InChI=1S/C14H22O2/c1-6-14(5,16-15-13(2,3)4)12-10-8-7-9-11-12/h7-11H,6H2,1-5H3/t14-/m1/s1. The average molecular weight is 222 g/mol. The molecule has 16 heavy (non-hydrogen) atoms. The van der Waals surface area contributed by atoms with Gasteiger partial charge in [0.15, 0.2) is 0 Å². The molecule has 0 unspecified atom stereocenters. The van der Waals surface area contributed by atoms with E-state index in [4.69, 9.17) is 9.78 Å². The maximum Gasteiger partial charge on any atom is 0.125 e. The molecule has 1 aromatic rings. The molecule has 0 aromatic heterocycles. The van der Waals surface area contributed by atoms with E-state index in [9.17, 15) is 0 Å². The second-order valence-electron chi connectivity index (χ2n) is 5.23. The number of benzene rings is 1. The molecule has 90 valence electrons. The van der Waals surface area contributed by atoms with Gasteiger partial charge in [-0.3, -0.25) is 0 Å². The Balaban J connectivity index is 2.79. The van der Waals surface area contributed by atoms with Crippen LogP contribution in [0.4, 0.5) is 0 Å². The molecule has 1 rings (SSSR count). The van der Waals surface area contributed by atoms with Crippen molar-refractivity contribution in [1.29, 1.82) is 0 Å². The van der Waals surface area contributed by atoms with E-state index < -0.39 is 0 Å². The van der Waals surface area contributed by atoms with Crippen molar-refractivity contribution >= 4 is 0 Å². The normalized spacial score (nSPS) is 15.8. The maximum absolute atomic E-state index is 5.63. The van der Waals surface area contributed by atoms with Crippen LogP contribution in [-0.4, -0.2) is 5.60 Å². The zero-order chi connectivity index (χ0) is 12.2. The molecule has 0 saturated carbocycles. The van der Waals surface area contributed by atoms with Gasteiger partial charge in [-0.1, -0.05) is 37.3 Å². The van der Waals surface area contributed by atoms with Crippen molar-refractivity contribution in [2.24, 2.45) is 0 Å². The van der Waals surface area contributed by atoms with E-state index in [1.54, 1.807) is 0 Å². The van der Waals surface area contributed by atoms with Crippen molar-refractivity contribution in [3.8, 4) is 0 Å². The minimum atomic E-state index is -0.380. The van der Waals surface area contributed by atoms with Crippen molar-refractivity contribution in [3.05, 3.63) is 35.9 Å². The lowest BCUT2D eigenvalue weighted by Gasteiger charge is -2.31. The molecule has 0 aliphatic carbocycles. The third-order valence-corrected chi connectivity index (χ3v) is 2.53. The van der Waals surface area contributed by atoms with Crippen LogP contribution < -0.4 is 0 Å². The molecule has 0 N–H and O–H groups in total. The predicted octanol–water partition coefficient (Wildman–Crippen LogP) is 4.06. The van der Waals surface area contributed by atoms with E-state index in [-0.39, 0.29) is 11.2 Å². The fraction of sp³-hybridized carbons (Fsp3) is 0.571. The largest absolute Gasteiger partial charge is 0.230 e. The first-order valence-electron chi connectivity index (χ1n) is 5.80. The summed E-state index contributed by atoms with van der Waals surface area (Å²) in [6.07, 6.45) is 0.868. The Morgan fingerprint density at radius 1 is 0.938 bits per heavy atom. The highest BCUT2D eigenvalue weighted by molar-refractivity contribution is 5.21. The molecule has 0 radical (unpaired) electrons.